The van der Waals surface area contributed by atoms with Crippen molar-refractivity contribution < 1.29 is 29.3 Å². The van der Waals surface area contributed by atoms with Gasteiger partial charge in [0.15, 0.2) is 11.6 Å². The summed E-state index contributed by atoms with van der Waals surface area (Å²) in [5, 5.41) is 23.1. The molecule has 10 atom stereocenters. The molecule has 8 heterocycles. The van der Waals surface area contributed by atoms with Gasteiger partial charge in [-0.1, -0.05) is 51.0 Å². The molecule has 316 valence electrons. The number of hydrogen-bond donors (Lipinski definition) is 2. The van der Waals surface area contributed by atoms with Gasteiger partial charge in [-0.05, 0) is 123 Å². The molecule has 10 heteroatoms. The largest absolute Gasteiger partial charge is 0.508 e. The van der Waals surface area contributed by atoms with Gasteiger partial charge in [0.2, 0.25) is 0 Å². The number of aromatic nitrogens is 2. The van der Waals surface area contributed by atoms with Gasteiger partial charge in [0, 0.05) is 58.5 Å². The first-order valence-electron chi connectivity index (χ1n) is 22.6. The number of ketones is 2. The molecule has 1 aliphatic carbocycles. The lowest BCUT2D eigenvalue weighted by atomic mass is 9.72. The van der Waals surface area contributed by atoms with Crippen LogP contribution in [-0.2, 0) is 0 Å². The summed E-state index contributed by atoms with van der Waals surface area (Å²) in [6.07, 6.45) is 8.85. The van der Waals surface area contributed by atoms with Crippen molar-refractivity contribution in [2.75, 3.05) is 26.2 Å². The number of piperidine rings is 6. The van der Waals surface area contributed by atoms with E-state index in [4.69, 9.17) is 9.47 Å². The van der Waals surface area contributed by atoms with E-state index in [2.05, 4.69) is 33.6 Å². The lowest BCUT2D eigenvalue weighted by Gasteiger charge is -2.52. The third-order valence-corrected chi connectivity index (χ3v) is 15.3. The third kappa shape index (κ3) is 6.44. The lowest BCUT2D eigenvalue weighted by molar-refractivity contribution is -0.0493. The number of carbonyl (C=O) groups is 2. The molecule has 13 rings (SSSR count). The Bertz CT molecular complexity index is 2570. The molecule has 6 aliphatic heterocycles. The van der Waals surface area contributed by atoms with Crippen molar-refractivity contribution in [2.24, 2.45) is 23.7 Å². The SMILES string of the molecule is CCC1CN2CCC1C[C@H]2[C@H](Oc1ccc(O[C@H](c2ccnc3ccc(O)cc23)[C@@H]2CC3CCN2CC3CC)c2c1C(=O)c1ccccc1C2=O)c1ccnc2ccc(O)cc12. The number of carbonyl (C=O) groups excluding carboxylic acids is 2. The lowest BCUT2D eigenvalue weighted by Crippen LogP contribution is -2.56. The summed E-state index contributed by atoms with van der Waals surface area (Å²) in [6.45, 7) is 8.39. The first-order chi connectivity index (χ1) is 30.3. The minimum absolute atomic E-state index is 0.0127. The first-order valence-corrected chi connectivity index (χ1v) is 22.6. The van der Waals surface area contributed by atoms with Gasteiger partial charge in [0.25, 0.3) is 0 Å². The molecule has 0 amide bonds. The Kier molecular flexibility index (Phi) is 9.76. The molecule has 6 saturated heterocycles. The van der Waals surface area contributed by atoms with E-state index < -0.39 is 12.2 Å². The zero-order chi connectivity index (χ0) is 42.2. The minimum atomic E-state index is -0.542. The molecule has 6 aromatic rings. The molecule has 7 aliphatic rings. The van der Waals surface area contributed by atoms with Gasteiger partial charge in [-0.3, -0.25) is 29.4 Å². The van der Waals surface area contributed by atoms with E-state index in [9.17, 15) is 10.2 Å². The molecule has 0 radical (unpaired) electrons. The van der Waals surface area contributed by atoms with Crippen LogP contribution >= 0.6 is 0 Å². The summed E-state index contributed by atoms with van der Waals surface area (Å²) < 4.78 is 14.6. The van der Waals surface area contributed by atoms with Crippen LogP contribution in [0, 0.1) is 23.7 Å². The van der Waals surface area contributed by atoms with Gasteiger partial charge in [-0.25, -0.2) is 0 Å². The monoisotopic (exact) mass is 828 g/mol. The maximum absolute atomic E-state index is 15.0. The molecule has 62 heavy (non-hydrogen) atoms. The average molecular weight is 829 g/mol. The molecule has 4 bridgehead atoms. The number of phenols is 2. The highest BCUT2D eigenvalue weighted by Gasteiger charge is 2.47. The Balaban J connectivity index is 1.07. The summed E-state index contributed by atoms with van der Waals surface area (Å²) in [5.41, 5.74) is 4.30. The van der Waals surface area contributed by atoms with E-state index >= 15 is 9.59 Å². The zero-order valence-corrected chi connectivity index (χ0v) is 35.2. The Hall–Kier alpha value is -5.84. The van der Waals surface area contributed by atoms with Crippen LogP contribution in [0.3, 0.4) is 0 Å². The highest BCUT2D eigenvalue weighted by Crippen LogP contribution is 2.49. The molecule has 6 unspecified atom stereocenters. The van der Waals surface area contributed by atoms with Crippen molar-refractivity contribution in [3.05, 3.63) is 131 Å². The van der Waals surface area contributed by atoms with Gasteiger partial charge in [-0.2, -0.15) is 0 Å². The van der Waals surface area contributed by atoms with Gasteiger partial charge >= 0.3 is 0 Å². The van der Waals surface area contributed by atoms with Crippen LogP contribution in [-0.4, -0.2) is 79.8 Å². The van der Waals surface area contributed by atoms with Crippen LogP contribution in [0.15, 0.2) is 97.3 Å². The molecule has 4 aromatic carbocycles. The van der Waals surface area contributed by atoms with Gasteiger partial charge in [0.05, 0.1) is 34.2 Å². The number of fused-ring (bicyclic) bond motifs is 10. The van der Waals surface area contributed by atoms with Crippen molar-refractivity contribution in [1.82, 2.24) is 19.8 Å². The van der Waals surface area contributed by atoms with Crippen molar-refractivity contribution >= 4 is 33.4 Å². The molecule has 2 N–H and O–H groups in total. The molecular formula is C52H52N4O6. The predicted molar refractivity (Wildman–Crippen MR) is 237 cm³/mol. The number of ether oxygens (including phenoxy) is 2. The molecule has 0 spiro atoms. The Morgan fingerprint density at radius 3 is 1.48 bits per heavy atom. The molecule has 2 aromatic heterocycles. The highest BCUT2D eigenvalue weighted by molar-refractivity contribution is 6.30. The van der Waals surface area contributed by atoms with E-state index in [0.29, 0.717) is 46.3 Å². The van der Waals surface area contributed by atoms with Gasteiger partial charge in [-0.15, -0.1) is 0 Å². The maximum atomic E-state index is 15.0. The van der Waals surface area contributed by atoms with Crippen molar-refractivity contribution in [2.45, 2.75) is 76.7 Å². The number of benzene rings is 4. The Morgan fingerprint density at radius 1 is 0.629 bits per heavy atom. The van der Waals surface area contributed by atoms with Crippen LogP contribution in [0.2, 0.25) is 0 Å². The zero-order valence-electron chi connectivity index (χ0n) is 35.2. The quantitative estimate of drug-likeness (QED) is 0.138. The fourth-order valence-electron chi connectivity index (χ4n) is 12.1. The normalized spacial score (nSPS) is 27.2. The van der Waals surface area contributed by atoms with Crippen molar-refractivity contribution in [1.29, 1.82) is 0 Å². The topological polar surface area (TPSA) is 125 Å². The third-order valence-electron chi connectivity index (χ3n) is 15.3. The number of rotatable bonds is 10. The van der Waals surface area contributed by atoms with Crippen LogP contribution in [0.1, 0.15) is 108 Å². The number of hydrogen-bond acceptors (Lipinski definition) is 10. The summed E-state index contributed by atoms with van der Waals surface area (Å²) in [5.74, 6) is 2.66. The minimum Gasteiger partial charge on any atom is -0.508 e. The second-order valence-corrected chi connectivity index (χ2v) is 18.3. The van der Waals surface area contributed by atoms with E-state index in [1.807, 2.05) is 36.4 Å². The summed E-state index contributed by atoms with van der Waals surface area (Å²) in [6, 6.07) is 25.0. The molecular weight excluding hydrogens is 777 g/mol. The number of pyridine rings is 2. The van der Waals surface area contributed by atoms with E-state index in [1.54, 1.807) is 60.9 Å². The Labute approximate surface area is 361 Å². The summed E-state index contributed by atoms with van der Waals surface area (Å²) >= 11 is 0. The smallest absolute Gasteiger partial charge is 0.198 e. The predicted octanol–water partition coefficient (Wildman–Crippen LogP) is 9.45. The number of phenolic OH excluding ortho intramolecular Hbond substituents is 2. The van der Waals surface area contributed by atoms with Crippen molar-refractivity contribution in [3.8, 4) is 23.0 Å². The van der Waals surface area contributed by atoms with E-state index in [1.165, 1.54) is 0 Å². The highest BCUT2D eigenvalue weighted by atomic mass is 16.5. The van der Waals surface area contributed by atoms with Gasteiger partial charge in [0.1, 0.15) is 35.2 Å². The summed E-state index contributed by atoms with van der Waals surface area (Å²) in [4.78, 5) is 44.4. The Morgan fingerprint density at radius 2 is 1.08 bits per heavy atom. The maximum Gasteiger partial charge on any atom is 0.198 e. The van der Waals surface area contributed by atoms with E-state index in [-0.39, 0.29) is 46.3 Å². The van der Waals surface area contributed by atoms with Crippen LogP contribution in [0.25, 0.3) is 21.8 Å². The second kappa shape index (κ2) is 15.5. The first kappa shape index (κ1) is 39.0. The fraction of sp³-hybridized carbons (Fsp3) is 0.385. The van der Waals surface area contributed by atoms with Crippen molar-refractivity contribution in [3.63, 3.8) is 0 Å². The molecule has 0 saturated carbocycles. The molecule has 6 fully saturated rings. The van der Waals surface area contributed by atoms with Gasteiger partial charge < -0.3 is 19.7 Å². The van der Waals surface area contributed by atoms with E-state index in [0.717, 1.165) is 97.6 Å². The number of nitrogens with zero attached hydrogens (tertiary/aromatic N) is 4. The van der Waals surface area contributed by atoms with Crippen LogP contribution in [0.5, 0.6) is 23.0 Å². The number of aromatic hydroxyl groups is 2. The second-order valence-electron chi connectivity index (χ2n) is 18.3. The standard InChI is InChI=1S/C52H52N4O6/c1-3-29-27-55-21-17-31(29)23-43(55)51(37-15-19-53-41-11-9-33(57)25-39(37)41)61-45-13-14-46(48-47(45)49(59)35-7-5-6-8-36(35)50(48)60)62-52(44-24-32-18-22-56(44)28-30(32)4-2)38-16-20-54-42-12-10-34(58)26-40(38)42/h5-16,19-20,25-26,29-32,43-44,51-52,57-58H,3-4,17-18,21-24,27-28H2,1-2H3/t29?,30?,31?,32?,43-,44-,51+,52+/m0/s1. The fourth-order valence-corrected chi connectivity index (χ4v) is 12.1. The molecule has 10 nitrogen and oxygen atoms in total. The van der Waals surface area contributed by atoms with Crippen LogP contribution < -0.4 is 9.47 Å². The summed E-state index contributed by atoms with van der Waals surface area (Å²) in [7, 11) is 0. The van der Waals surface area contributed by atoms with Crippen LogP contribution in [0.4, 0.5) is 0 Å². The average Bonchev–Trinajstić information content (AvgIpc) is 3.31.